The van der Waals surface area contributed by atoms with Gasteiger partial charge in [-0.1, -0.05) is 44.4 Å². The molecule has 3 aromatic rings. The highest BCUT2D eigenvalue weighted by molar-refractivity contribution is 5.93. The molecule has 2 aromatic heterocycles. The minimum Gasteiger partial charge on any atom is -0.379 e. The summed E-state index contributed by atoms with van der Waals surface area (Å²) < 4.78 is 1.76. The molecule has 0 bridgehead atoms. The van der Waals surface area contributed by atoms with Crippen LogP contribution >= 0.6 is 0 Å². The van der Waals surface area contributed by atoms with Crippen molar-refractivity contribution >= 4 is 5.91 Å². The van der Waals surface area contributed by atoms with Crippen molar-refractivity contribution in [3.05, 3.63) is 65.6 Å². The summed E-state index contributed by atoms with van der Waals surface area (Å²) >= 11 is 0. The van der Waals surface area contributed by atoms with Gasteiger partial charge < -0.3 is 4.84 Å². The molecule has 31 heavy (non-hydrogen) atoms. The summed E-state index contributed by atoms with van der Waals surface area (Å²) in [6.07, 6.45) is 12.0. The van der Waals surface area contributed by atoms with Crippen LogP contribution < -0.4 is 10.3 Å². The molecule has 1 amide bonds. The molecule has 1 N–H and O–H groups in total. The van der Waals surface area contributed by atoms with Crippen molar-refractivity contribution < 1.29 is 9.63 Å². The molecule has 1 aliphatic carbocycles. The minimum atomic E-state index is -0.268. The number of amides is 1. The van der Waals surface area contributed by atoms with Gasteiger partial charge in [0.15, 0.2) is 5.75 Å². The molecule has 4 rings (SSSR count). The Hall–Kier alpha value is -3.15. The van der Waals surface area contributed by atoms with E-state index in [0.717, 1.165) is 22.4 Å². The molecule has 0 unspecified atom stereocenters. The molecule has 6 nitrogen and oxygen atoms in total. The average Bonchev–Trinajstić information content (AvgIpc) is 3.24. The summed E-state index contributed by atoms with van der Waals surface area (Å²) in [5, 5.41) is 4.27. The van der Waals surface area contributed by atoms with E-state index < -0.39 is 0 Å². The summed E-state index contributed by atoms with van der Waals surface area (Å²) in [6, 6.07) is 9.09. The number of benzene rings is 1. The van der Waals surface area contributed by atoms with Gasteiger partial charge in [-0.25, -0.2) is 0 Å². The van der Waals surface area contributed by atoms with Crippen molar-refractivity contribution in [2.75, 3.05) is 0 Å². The number of hydrogen-bond donors (Lipinski definition) is 1. The van der Waals surface area contributed by atoms with Crippen molar-refractivity contribution in [1.82, 2.24) is 20.2 Å². The Kier molecular flexibility index (Phi) is 6.35. The van der Waals surface area contributed by atoms with Gasteiger partial charge in [0.05, 0.1) is 11.9 Å². The monoisotopic (exact) mass is 418 g/mol. The van der Waals surface area contributed by atoms with E-state index in [4.69, 9.17) is 9.82 Å². The van der Waals surface area contributed by atoms with Gasteiger partial charge in [-0.15, -0.1) is 0 Å². The molecule has 1 aliphatic rings. The molecule has 1 atom stereocenters. The number of nitrogens with one attached hydrogen (secondary N) is 1. The van der Waals surface area contributed by atoms with Gasteiger partial charge in [-0.05, 0) is 43.7 Å². The summed E-state index contributed by atoms with van der Waals surface area (Å²) in [5.41, 5.74) is 6.90. The smallest absolute Gasteiger partial charge is 0.283 e. The number of hydroxylamine groups is 1. The second-order valence-electron chi connectivity index (χ2n) is 8.50. The molecule has 0 saturated heterocycles. The first kappa shape index (κ1) is 21.1. The second kappa shape index (κ2) is 9.33. The zero-order valence-corrected chi connectivity index (χ0v) is 18.5. The lowest BCUT2D eigenvalue weighted by Gasteiger charge is -2.29. The van der Waals surface area contributed by atoms with Crippen LogP contribution in [-0.4, -0.2) is 20.7 Å². The minimum absolute atomic E-state index is 0.268. The van der Waals surface area contributed by atoms with E-state index in [9.17, 15) is 4.79 Å². The van der Waals surface area contributed by atoms with Crippen LogP contribution in [0.2, 0.25) is 0 Å². The SMILES string of the molecule is Cc1c(-c2cnn(C)c2)ncc([C@H](C)C2CCCCC2)c1ONC(=O)c1ccccc1. The number of aryl methyl sites for hydroxylation is 1. The van der Waals surface area contributed by atoms with Gasteiger partial charge in [0.25, 0.3) is 5.91 Å². The average molecular weight is 419 g/mol. The van der Waals surface area contributed by atoms with Gasteiger partial charge in [-0.3, -0.25) is 14.5 Å². The maximum atomic E-state index is 12.6. The third kappa shape index (κ3) is 4.63. The van der Waals surface area contributed by atoms with Crippen LogP contribution in [0.4, 0.5) is 0 Å². The van der Waals surface area contributed by atoms with E-state index in [1.165, 1.54) is 32.1 Å². The molecule has 1 fully saturated rings. The first-order chi connectivity index (χ1) is 15.0. The Labute approximate surface area is 183 Å². The topological polar surface area (TPSA) is 69.0 Å². The van der Waals surface area contributed by atoms with Crippen molar-refractivity contribution in [2.24, 2.45) is 13.0 Å². The summed E-state index contributed by atoms with van der Waals surface area (Å²) in [4.78, 5) is 23.4. The van der Waals surface area contributed by atoms with E-state index in [0.29, 0.717) is 23.1 Å². The predicted molar refractivity (Wildman–Crippen MR) is 121 cm³/mol. The fourth-order valence-electron chi connectivity index (χ4n) is 4.54. The van der Waals surface area contributed by atoms with E-state index in [1.807, 2.05) is 44.6 Å². The molecule has 0 aliphatic heterocycles. The highest BCUT2D eigenvalue weighted by atomic mass is 16.7. The Bertz CT molecular complexity index is 1040. The normalized spacial score (nSPS) is 15.5. The molecule has 0 spiro atoms. The highest BCUT2D eigenvalue weighted by Crippen LogP contribution is 2.41. The van der Waals surface area contributed by atoms with Gasteiger partial charge >= 0.3 is 0 Å². The number of hydrogen-bond acceptors (Lipinski definition) is 4. The van der Waals surface area contributed by atoms with Gasteiger partial charge in [0, 0.05) is 41.7 Å². The van der Waals surface area contributed by atoms with E-state index in [1.54, 1.807) is 23.0 Å². The van der Waals surface area contributed by atoms with Gasteiger partial charge in [-0.2, -0.15) is 10.6 Å². The largest absolute Gasteiger partial charge is 0.379 e. The molecule has 1 saturated carbocycles. The van der Waals surface area contributed by atoms with Crippen LogP contribution in [-0.2, 0) is 7.05 Å². The van der Waals surface area contributed by atoms with Crippen molar-refractivity contribution in [3.63, 3.8) is 0 Å². The Morgan fingerprint density at radius 1 is 1.16 bits per heavy atom. The van der Waals surface area contributed by atoms with E-state index >= 15 is 0 Å². The van der Waals surface area contributed by atoms with Gasteiger partial charge in [0.2, 0.25) is 0 Å². The van der Waals surface area contributed by atoms with Crippen molar-refractivity contribution in [1.29, 1.82) is 0 Å². The number of rotatable bonds is 6. The summed E-state index contributed by atoms with van der Waals surface area (Å²) in [7, 11) is 1.88. The Morgan fingerprint density at radius 2 is 1.90 bits per heavy atom. The van der Waals surface area contributed by atoms with Crippen LogP contribution in [0.15, 0.2) is 48.9 Å². The molecule has 1 aromatic carbocycles. The third-order valence-electron chi connectivity index (χ3n) is 6.40. The lowest BCUT2D eigenvalue weighted by atomic mass is 9.77. The number of aromatic nitrogens is 3. The third-order valence-corrected chi connectivity index (χ3v) is 6.40. The van der Waals surface area contributed by atoms with Crippen LogP contribution in [0.1, 0.15) is 66.4 Å². The first-order valence-electron chi connectivity index (χ1n) is 11.1. The molecule has 6 heteroatoms. The molecular formula is C25H30N4O2. The number of nitrogens with zero attached hydrogens (tertiary/aromatic N) is 3. The Morgan fingerprint density at radius 3 is 2.58 bits per heavy atom. The van der Waals surface area contributed by atoms with E-state index in [2.05, 4.69) is 17.5 Å². The lowest BCUT2D eigenvalue weighted by Crippen LogP contribution is -2.28. The number of pyridine rings is 1. The molecule has 2 heterocycles. The quantitative estimate of drug-likeness (QED) is 0.559. The fourth-order valence-corrected chi connectivity index (χ4v) is 4.54. The van der Waals surface area contributed by atoms with Crippen LogP contribution in [0.5, 0.6) is 5.75 Å². The zero-order valence-electron chi connectivity index (χ0n) is 18.5. The standard InChI is InChI=1S/C25H30N4O2/c1-17(19-10-6-4-7-11-19)22-15-26-23(21-14-27-29(3)16-21)18(2)24(22)31-28-25(30)20-12-8-5-9-13-20/h5,8-9,12-17,19H,4,6-7,10-11H2,1-3H3,(H,28,30)/t17-/m1/s1. The zero-order chi connectivity index (χ0) is 21.8. The summed E-state index contributed by atoms with van der Waals surface area (Å²) in [5.74, 6) is 1.33. The second-order valence-corrected chi connectivity index (χ2v) is 8.50. The van der Waals surface area contributed by atoms with Crippen molar-refractivity contribution in [3.8, 4) is 17.0 Å². The number of carbonyl (C=O) groups is 1. The predicted octanol–water partition coefficient (Wildman–Crippen LogP) is 5.20. The maximum Gasteiger partial charge on any atom is 0.283 e. The first-order valence-corrected chi connectivity index (χ1v) is 11.1. The molecule has 162 valence electrons. The highest BCUT2D eigenvalue weighted by Gasteiger charge is 2.27. The van der Waals surface area contributed by atoms with E-state index in [-0.39, 0.29) is 5.91 Å². The number of carbonyl (C=O) groups excluding carboxylic acids is 1. The maximum absolute atomic E-state index is 12.6. The van der Waals surface area contributed by atoms with Crippen LogP contribution in [0, 0.1) is 12.8 Å². The van der Waals surface area contributed by atoms with Crippen LogP contribution in [0.3, 0.4) is 0 Å². The van der Waals surface area contributed by atoms with Gasteiger partial charge in [0.1, 0.15) is 0 Å². The Balaban J connectivity index is 1.66. The fraction of sp³-hybridized carbons (Fsp3) is 0.400. The van der Waals surface area contributed by atoms with Crippen LogP contribution in [0.25, 0.3) is 11.3 Å². The van der Waals surface area contributed by atoms with Crippen molar-refractivity contribution in [2.45, 2.75) is 51.9 Å². The lowest BCUT2D eigenvalue weighted by molar-refractivity contribution is 0.0755. The molecule has 0 radical (unpaired) electrons. The molecular weight excluding hydrogens is 388 g/mol. The summed E-state index contributed by atoms with van der Waals surface area (Å²) in [6.45, 7) is 4.25.